The van der Waals surface area contributed by atoms with Crippen LogP contribution in [0.5, 0.6) is 0 Å². The van der Waals surface area contributed by atoms with E-state index in [4.69, 9.17) is 0 Å². The molecule has 2 rings (SSSR count). The molecule has 0 unspecified atom stereocenters. The number of hydrogen-bond donors (Lipinski definition) is 1. The van der Waals surface area contributed by atoms with Crippen LogP contribution in [0.25, 0.3) is 11.3 Å². The van der Waals surface area contributed by atoms with Gasteiger partial charge in [0.2, 0.25) is 10.0 Å². The lowest BCUT2D eigenvalue weighted by molar-refractivity contribution is 0.236. The third-order valence-corrected chi connectivity index (χ3v) is 5.83. The van der Waals surface area contributed by atoms with E-state index in [2.05, 4.69) is 5.10 Å². The van der Waals surface area contributed by atoms with Crippen molar-refractivity contribution in [2.75, 3.05) is 13.2 Å². The normalized spacial score (nSPS) is 12.5. The fraction of sp³-hybridized carbons (Fsp3) is 0.471. The molecule has 1 heterocycles. The highest BCUT2D eigenvalue weighted by molar-refractivity contribution is 7.89. The number of aromatic nitrogens is 2. The first kappa shape index (κ1) is 18.6. The number of sulfonamides is 1. The zero-order valence-electron chi connectivity index (χ0n) is 14.5. The molecule has 0 atom stereocenters. The van der Waals surface area contributed by atoms with Crippen molar-refractivity contribution in [2.24, 2.45) is 0 Å². The monoisotopic (exact) mass is 351 g/mol. The highest BCUT2D eigenvalue weighted by atomic mass is 32.2. The van der Waals surface area contributed by atoms with Gasteiger partial charge in [0, 0.05) is 30.4 Å². The van der Waals surface area contributed by atoms with Crippen molar-refractivity contribution in [1.82, 2.24) is 14.1 Å². The van der Waals surface area contributed by atoms with Crippen LogP contribution >= 0.6 is 0 Å². The van der Waals surface area contributed by atoms with Gasteiger partial charge in [0.1, 0.15) is 10.6 Å². The minimum Gasteiger partial charge on any atom is -0.395 e. The average molecular weight is 351 g/mol. The Morgan fingerprint density at radius 1 is 1.17 bits per heavy atom. The summed E-state index contributed by atoms with van der Waals surface area (Å²) in [6.45, 7) is 7.32. The van der Waals surface area contributed by atoms with Crippen molar-refractivity contribution in [3.63, 3.8) is 0 Å². The molecule has 0 fully saturated rings. The zero-order chi connectivity index (χ0) is 17.9. The van der Waals surface area contributed by atoms with Crippen LogP contribution in [0.1, 0.15) is 33.7 Å². The van der Waals surface area contributed by atoms with Crippen LogP contribution in [-0.2, 0) is 10.0 Å². The van der Waals surface area contributed by atoms with Crippen LogP contribution in [0, 0.1) is 0 Å². The smallest absolute Gasteiger partial charge is 0.247 e. The van der Waals surface area contributed by atoms with Gasteiger partial charge < -0.3 is 5.11 Å². The second kappa shape index (κ2) is 7.46. The summed E-state index contributed by atoms with van der Waals surface area (Å²) in [6, 6.07) is 9.07. The molecular weight excluding hydrogens is 326 g/mol. The summed E-state index contributed by atoms with van der Waals surface area (Å²) >= 11 is 0. The molecule has 1 aromatic carbocycles. The number of nitrogens with zero attached hydrogens (tertiary/aromatic N) is 3. The SMILES string of the molecule is CC(C)N(CCO)S(=O)(=O)c1cn(C(C)C)nc1-c1ccccc1. The van der Waals surface area contributed by atoms with Crippen molar-refractivity contribution >= 4 is 10.0 Å². The van der Waals surface area contributed by atoms with Gasteiger partial charge in [-0.2, -0.15) is 9.40 Å². The predicted molar refractivity (Wildman–Crippen MR) is 94.2 cm³/mol. The lowest BCUT2D eigenvalue weighted by Gasteiger charge is -2.24. The summed E-state index contributed by atoms with van der Waals surface area (Å²) in [5.41, 5.74) is 1.19. The Morgan fingerprint density at radius 2 is 1.79 bits per heavy atom. The van der Waals surface area contributed by atoms with Crippen LogP contribution in [0.2, 0.25) is 0 Å². The Kier molecular flexibility index (Phi) is 5.79. The van der Waals surface area contributed by atoms with Gasteiger partial charge in [0.05, 0.1) is 6.61 Å². The minimum absolute atomic E-state index is 0.0433. The second-order valence-corrected chi connectivity index (χ2v) is 8.07. The van der Waals surface area contributed by atoms with E-state index in [0.717, 1.165) is 5.56 Å². The number of aliphatic hydroxyl groups excluding tert-OH is 1. The van der Waals surface area contributed by atoms with Crippen molar-refractivity contribution in [3.05, 3.63) is 36.5 Å². The Morgan fingerprint density at radius 3 is 2.29 bits per heavy atom. The summed E-state index contributed by atoms with van der Waals surface area (Å²) in [7, 11) is -3.76. The summed E-state index contributed by atoms with van der Waals surface area (Å²) in [4.78, 5) is 0.171. The van der Waals surface area contributed by atoms with E-state index in [0.29, 0.717) is 5.69 Å². The maximum absolute atomic E-state index is 13.2. The maximum Gasteiger partial charge on any atom is 0.247 e. The van der Waals surface area contributed by atoms with Crippen molar-refractivity contribution in [1.29, 1.82) is 0 Å². The van der Waals surface area contributed by atoms with Gasteiger partial charge in [-0.3, -0.25) is 4.68 Å². The Bertz CT molecular complexity index is 768. The standard InChI is InChI=1S/C17H25N3O3S/c1-13(2)19-12-16(17(18-19)15-8-6-5-7-9-15)24(22,23)20(10-11-21)14(3)4/h5-9,12-14,21H,10-11H2,1-4H3. The van der Waals surface area contributed by atoms with Crippen LogP contribution in [0.15, 0.2) is 41.4 Å². The molecule has 6 nitrogen and oxygen atoms in total. The largest absolute Gasteiger partial charge is 0.395 e. The van der Waals surface area contributed by atoms with Gasteiger partial charge in [-0.1, -0.05) is 30.3 Å². The molecule has 0 radical (unpaired) electrons. The third kappa shape index (κ3) is 3.68. The lowest BCUT2D eigenvalue weighted by Crippen LogP contribution is -2.39. The van der Waals surface area contributed by atoms with Crippen LogP contribution < -0.4 is 0 Å². The van der Waals surface area contributed by atoms with E-state index in [1.54, 1.807) is 24.7 Å². The lowest BCUT2D eigenvalue weighted by atomic mass is 10.2. The molecule has 1 N–H and O–H groups in total. The van der Waals surface area contributed by atoms with E-state index in [9.17, 15) is 13.5 Å². The maximum atomic E-state index is 13.2. The molecule has 0 bridgehead atoms. The van der Waals surface area contributed by atoms with Crippen molar-refractivity contribution in [2.45, 2.75) is 44.7 Å². The molecule has 0 aliphatic heterocycles. The molecule has 24 heavy (non-hydrogen) atoms. The first-order valence-corrected chi connectivity index (χ1v) is 9.50. The Hall–Kier alpha value is -1.70. The minimum atomic E-state index is -3.76. The number of hydrogen-bond acceptors (Lipinski definition) is 4. The molecule has 1 aromatic heterocycles. The van der Waals surface area contributed by atoms with E-state index in [1.165, 1.54) is 4.31 Å². The second-order valence-electron chi connectivity index (χ2n) is 6.21. The molecule has 132 valence electrons. The molecule has 7 heteroatoms. The number of rotatable bonds is 7. The fourth-order valence-electron chi connectivity index (χ4n) is 2.51. The predicted octanol–water partition coefficient (Wildman–Crippen LogP) is 2.52. The van der Waals surface area contributed by atoms with Gasteiger partial charge in [-0.25, -0.2) is 8.42 Å². The fourth-order valence-corrected chi connectivity index (χ4v) is 4.28. The molecule has 0 spiro atoms. The van der Waals surface area contributed by atoms with Crippen LogP contribution in [-0.4, -0.2) is 46.8 Å². The Balaban J connectivity index is 2.64. The quantitative estimate of drug-likeness (QED) is 0.832. The van der Waals surface area contributed by atoms with E-state index in [-0.39, 0.29) is 30.1 Å². The third-order valence-electron chi connectivity index (χ3n) is 3.76. The highest BCUT2D eigenvalue weighted by Gasteiger charge is 2.31. The molecular formula is C17H25N3O3S. The highest BCUT2D eigenvalue weighted by Crippen LogP contribution is 2.30. The van der Waals surface area contributed by atoms with Gasteiger partial charge in [0.15, 0.2) is 0 Å². The first-order valence-electron chi connectivity index (χ1n) is 8.06. The van der Waals surface area contributed by atoms with E-state index in [1.807, 2.05) is 44.2 Å². The first-order chi connectivity index (χ1) is 11.3. The number of benzene rings is 1. The van der Waals surface area contributed by atoms with Gasteiger partial charge in [-0.15, -0.1) is 0 Å². The average Bonchev–Trinajstić information content (AvgIpc) is 2.99. The van der Waals surface area contributed by atoms with Crippen molar-refractivity contribution in [3.8, 4) is 11.3 Å². The summed E-state index contributed by atoms with van der Waals surface area (Å²) < 4.78 is 29.3. The summed E-state index contributed by atoms with van der Waals surface area (Å²) in [6.07, 6.45) is 1.58. The van der Waals surface area contributed by atoms with Gasteiger partial charge in [-0.05, 0) is 27.7 Å². The zero-order valence-corrected chi connectivity index (χ0v) is 15.4. The molecule has 0 saturated carbocycles. The topological polar surface area (TPSA) is 75.4 Å². The van der Waals surface area contributed by atoms with Gasteiger partial charge >= 0.3 is 0 Å². The van der Waals surface area contributed by atoms with Crippen molar-refractivity contribution < 1.29 is 13.5 Å². The molecule has 0 saturated heterocycles. The number of aliphatic hydroxyl groups is 1. The van der Waals surface area contributed by atoms with E-state index >= 15 is 0 Å². The van der Waals surface area contributed by atoms with Crippen LogP contribution in [0.3, 0.4) is 0 Å². The molecule has 2 aromatic rings. The molecule has 0 amide bonds. The van der Waals surface area contributed by atoms with Gasteiger partial charge in [0.25, 0.3) is 0 Å². The molecule has 0 aliphatic rings. The Labute approximate surface area is 143 Å². The molecule has 0 aliphatic carbocycles. The summed E-state index contributed by atoms with van der Waals surface area (Å²) in [5, 5.41) is 13.7. The summed E-state index contributed by atoms with van der Waals surface area (Å²) in [5.74, 6) is 0. The van der Waals surface area contributed by atoms with E-state index < -0.39 is 10.0 Å². The van der Waals surface area contributed by atoms with Crippen LogP contribution in [0.4, 0.5) is 0 Å².